The minimum Gasteiger partial charge on any atom is -0.464 e. The zero-order chi connectivity index (χ0) is 18.4. The van der Waals surface area contributed by atoms with Gasteiger partial charge in [0.1, 0.15) is 6.04 Å². The topological polar surface area (TPSA) is 32.8 Å². The summed E-state index contributed by atoms with van der Waals surface area (Å²) in [6.07, 6.45) is -2.98. The van der Waals surface area contributed by atoms with Gasteiger partial charge in [-0.3, -0.25) is 9.69 Å². The third-order valence-electron chi connectivity index (χ3n) is 4.15. The second kappa shape index (κ2) is 9.10. The first-order valence-corrected chi connectivity index (χ1v) is 8.37. The van der Waals surface area contributed by atoms with E-state index in [4.69, 9.17) is 16.3 Å². The van der Waals surface area contributed by atoms with Crippen molar-refractivity contribution in [1.82, 2.24) is 4.90 Å². The van der Waals surface area contributed by atoms with Gasteiger partial charge in [-0.05, 0) is 25.1 Å². The van der Waals surface area contributed by atoms with Crippen LogP contribution in [0.2, 0.25) is 5.02 Å². The number of hydrogen-bond acceptors (Lipinski definition) is 4. The van der Waals surface area contributed by atoms with E-state index in [0.717, 1.165) is 18.8 Å². The highest BCUT2D eigenvalue weighted by Crippen LogP contribution is 2.21. The Kier molecular flexibility index (Phi) is 7.13. The first kappa shape index (κ1) is 19.6. The number of rotatable bonds is 6. The Morgan fingerprint density at radius 3 is 2.52 bits per heavy atom. The number of piperazine rings is 1. The Labute approximate surface area is 149 Å². The molecule has 0 N–H and O–H groups in total. The molecule has 1 aliphatic heterocycles. The summed E-state index contributed by atoms with van der Waals surface area (Å²) < 4.78 is 41.5. The molecule has 4 nitrogen and oxygen atoms in total. The molecule has 0 bridgehead atoms. The predicted octanol–water partition coefficient (Wildman–Crippen LogP) is 3.86. The van der Waals surface area contributed by atoms with Crippen molar-refractivity contribution < 1.29 is 22.7 Å². The molecule has 8 heteroatoms. The van der Waals surface area contributed by atoms with Gasteiger partial charge >= 0.3 is 12.0 Å². The third kappa shape index (κ3) is 5.64. The molecule has 1 atom stereocenters. The molecule has 0 spiro atoms. The molecule has 0 aliphatic carbocycles. The SMILES string of the molecule is CC(C(=O)OCCC(F)=C(F)F)N1CCN(c2cccc(Cl)c2)CC1. The van der Waals surface area contributed by atoms with Crippen LogP contribution in [0.3, 0.4) is 0 Å². The number of halogens is 4. The second-order valence-corrected chi connectivity index (χ2v) is 6.20. The van der Waals surface area contributed by atoms with Crippen LogP contribution in [-0.2, 0) is 9.53 Å². The van der Waals surface area contributed by atoms with Crippen LogP contribution in [0.5, 0.6) is 0 Å². The van der Waals surface area contributed by atoms with Crippen LogP contribution < -0.4 is 4.90 Å². The molecular formula is C17H20ClF3N2O2. The van der Waals surface area contributed by atoms with Crippen molar-refractivity contribution >= 4 is 23.3 Å². The molecular weight excluding hydrogens is 357 g/mol. The molecule has 0 aromatic heterocycles. The summed E-state index contributed by atoms with van der Waals surface area (Å²) in [5.41, 5.74) is 1.03. The lowest BCUT2D eigenvalue weighted by Crippen LogP contribution is -2.52. The maximum absolute atomic E-state index is 12.7. The highest BCUT2D eigenvalue weighted by atomic mass is 35.5. The quantitative estimate of drug-likeness (QED) is 0.706. The molecule has 0 radical (unpaired) electrons. The van der Waals surface area contributed by atoms with E-state index in [2.05, 4.69) is 4.90 Å². The first-order valence-electron chi connectivity index (χ1n) is 7.99. The fraction of sp³-hybridized carbons (Fsp3) is 0.471. The number of carbonyl (C=O) groups excluding carboxylic acids is 1. The van der Waals surface area contributed by atoms with Crippen molar-refractivity contribution in [2.45, 2.75) is 19.4 Å². The van der Waals surface area contributed by atoms with Crippen LogP contribution in [0.15, 0.2) is 36.2 Å². The van der Waals surface area contributed by atoms with Crippen LogP contribution in [0.25, 0.3) is 0 Å². The van der Waals surface area contributed by atoms with Crippen LogP contribution in [0.1, 0.15) is 13.3 Å². The highest BCUT2D eigenvalue weighted by Gasteiger charge is 2.26. The molecule has 25 heavy (non-hydrogen) atoms. The normalized spacial score (nSPS) is 16.4. The summed E-state index contributed by atoms with van der Waals surface area (Å²) in [4.78, 5) is 16.1. The van der Waals surface area contributed by atoms with Gasteiger partial charge in [-0.2, -0.15) is 8.78 Å². The Balaban J connectivity index is 1.79. The summed E-state index contributed by atoms with van der Waals surface area (Å²) in [5, 5.41) is 0.669. The summed E-state index contributed by atoms with van der Waals surface area (Å²) in [5.74, 6) is -2.08. The fourth-order valence-corrected chi connectivity index (χ4v) is 2.83. The number of hydrogen-bond donors (Lipinski definition) is 0. The number of carbonyl (C=O) groups is 1. The number of nitrogens with zero attached hydrogens (tertiary/aromatic N) is 2. The van der Waals surface area contributed by atoms with Gasteiger partial charge < -0.3 is 9.64 Å². The van der Waals surface area contributed by atoms with Gasteiger partial charge in [0.15, 0.2) is 5.83 Å². The number of anilines is 1. The highest BCUT2D eigenvalue weighted by molar-refractivity contribution is 6.30. The summed E-state index contributed by atoms with van der Waals surface area (Å²) >= 11 is 6.00. The Hall–Kier alpha value is -1.73. The molecule has 138 valence electrons. The zero-order valence-electron chi connectivity index (χ0n) is 13.9. The van der Waals surface area contributed by atoms with Crippen LogP contribution in [-0.4, -0.2) is 49.7 Å². The van der Waals surface area contributed by atoms with Crippen molar-refractivity contribution in [3.63, 3.8) is 0 Å². The van der Waals surface area contributed by atoms with Crippen molar-refractivity contribution in [1.29, 1.82) is 0 Å². The van der Waals surface area contributed by atoms with Gasteiger partial charge in [0.2, 0.25) is 0 Å². The largest absolute Gasteiger partial charge is 0.464 e. The Morgan fingerprint density at radius 1 is 1.24 bits per heavy atom. The van der Waals surface area contributed by atoms with Crippen molar-refractivity contribution in [3.05, 3.63) is 41.2 Å². The van der Waals surface area contributed by atoms with Gasteiger partial charge in [-0.15, -0.1) is 0 Å². The lowest BCUT2D eigenvalue weighted by Gasteiger charge is -2.38. The molecule has 1 aromatic rings. The van der Waals surface area contributed by atoms with E-state index >= 15 is 0 Å². The van der Waals surface area contributed by atoms with E-state index in [1.165, 1.54) is 0 Å². The van der Waals surface area contributed by atoms with E-state index < -0.39 is 36.9 Å². The van der Waals surface area contributed by atoms with Crippen LogP contribution >= 0.6 is 11.6 Å². The van der Waals surface area contributed by atoms with E-state index in [1.54, 1.807) is 6.92 Å². The standard InChI is InChI=1S/C17H20ClF3N2O2/c1-12(17(24)25-10-5-15(19)16(20)21)22-6-8-23(9-7-22)14-4-2-3-13(18)11-14/h2-4,11-12H,5-10H2,1H3. The van der Waals surface area contributed by atoms with Gasteiger partial charge in [0, 0.05) is 43.3 Å². The molecule has 1 unspecified atom stereocenters. The summed E-state index contributed by atoms with van der Waals surface area (Å²) in [6, 6.07) is 7.06. The van der Waals surface area contributed by atoms with Crippen molar-refractivity contribution in [3.8, 4) is 0 Å². The predicted molar refractivity (Wildman–Crippen MR) is 90.6 cm³/mol. The first-order chi connectivity index (χ1) is 11.9. The Morgan fingerprint density at radius 2 is 1.92 bits per heavy atom. The smallest absolute Gasteiger partial charge is 0.323 e. The lowest BCUT2D eigenvalue weighted by molar-refractivity contribution is -0.149. The zero-order valence-corrected chi connectivity index (χ0v) is 14.6. The molecule has 0 amide bonds. The van der Waals surface area contributed by atoms with Crippen LogP contribution in [0, 0.1) is 0 Å². The number of benzene rings is 1. The number of esters is 1. The third-order valence-corrected chi connectivity index (χ3v) is 4.38. The van der Waals surface area contributed by atoms with Crippen LogP contribution in [0.4, 0.5) is 18.9 Å². The molecule has 1 fully saturated rings. The van der Waals surface area contributed by atoms with Gasteiger partial charge in [0.25, 0.3) is 0 Å². The monoisotopic (exact) mass is 376 g/mol. The van der Waals surface area contributed by atoms with E-state index in [1.807, 2.05) is 29.2 Å². The maximum atomic E-state index is 12.7. The molecule has 1 aliphatic rings. The average molecular weight is 377 g/mol. The van der Waals surface area contributed by atoms with Gasteiger partial charge in [0.05, 0.1) is 6.61 Å². The fourth-order valence-electron chi connectivity index (χ4n) is 2.65. The molecule has 1 saturated heterocycles. The van der Waals surface area contributed by atoms with Crippen molar-refractivity contribution in [2.75, 3.05) is 37.7 Å². The van der Waals surface area contributed by atoms with Crippen molar-refractivity contribution in [2.24, 2.45) is 0 Å². The average Bonchev–Trinajstić information content (AvgIpc) is 2.61. The Bertz CT molecular complexity index is 630. The molecule has 1 aromatic carbocycles. The van der Waals surface area contributed by atoms with Gasteiger partial charge in [-0.25, -0.2) is 4.39 Å². The summed E-state index contributed by atoms with van der Waals surface area (Å²) in [7, 11) is 0. The molecule has 1 heterocycles. The second-order valence-electron chi connectivity index (χ2n) is 5.76. The minimum absolute atomic E-state index is 0.394. The number of ether oxygens (including phenoxy) is 1. The van der Waals surface area contributed by atoms with E-state index in [9.17, 15) is 18.0 Å². The summed E-state index contributed by atoms with van der Waals surface area (Å²) in [6.45, 7) is 4.05. The molecule has 0 saturated carbocycles. The van der Waals surface area contributed by atoms with Gasteiger partial charge in [-0.1, -0.05) is 17.7 Å². The molecule has 2 rings (SSSR count). The van der Waals surface area contributed by atoms with E-state index in [0.29, 0.717) is 18.1 Å². The lowest BCUT2D eigenvalue weighted by atomic mass is 10.2. The maximum Gasteiger partial charge on any atom is 0.323 e. The minimum atomic E-state index is -2.37. The van der Waals surface area contributed by atoms with E-state index in [-0.39, 0.29) is 0 Å².